The Bertz CT molecular complexity index is 1030. The van der Waals surface area contributed by atoms with Crippen molar-refractivity contribution in [3.8, 4) is 5.88 Å². The molecule has 152 valence electrons. The van der Waals surface area contributed by atoms with Crippen molar-refractivity contribution in [1.29, 1.82) is 0 Å². The zero-order chi connectivity index (χ0) is 20.2. The SMILES string of the molecule is COC(=O)c1ccc2c(c1)c1c(n2CCCNc2nccc(OC)n2)CCCC1. The molecule has 0 saturated carbocycles. The van der Waals surface area contributed by atoms with Crippen LogP contribution in [0.3, 0.4) is 0 Å². The molecule has 29 heavy (non-hydrogen) atoms. The minimum Gasteiger partial charge on any atom is -0.481 e. The molecule has 3 aromatic rings. The van der Waals surface area contributed by atoms with Crippen molar-refractivity contribution in [2.75, 3.05) is 26.1 Å². The number of aromatic nitrogens is 3. The predicted molar refractivity (Wildman–Crippen MR) is 112 cm³/mol. The van der Waals surface area contributed by atoms with Gasteiger partial charge in [0.1, 0.15) is 0 Å². The molecule has 0 atom stereocenters. The van der Waals surface area contributed by atoms with Gasteiger partial charge in [0.15, 0.2) is 0 Å². The average molecular weight is 394 g/mol. The third kappa shape index (κ3) is 3.90. The molecule has 0 aliphatic heterocycles. The van der Waals surface area contributed by atoms with Gasteiger partial charge in [0, 0.05) is 41.9 Å². The van der Waals surface area contributed by atoms with E-state index in [9.17, 15) is 4.79 Å². The highest BCUT2D eigenvalue weighted by molar-refractivity contribution is 5.96. The highest BCUT2D eigenvalue weighted by Gasteiger charge is 2.21. The van der Waals surface area contributed by atoms with Gasteiger partial charge in [0.2, 0.25) is 11.8 Å². The van der Waals surface area contributed by atoms with Crippen LogP contribution < -0.4 is 10.1 Å². The lowest BCUT2D eigenvalue weighted by atomic mass is 9.95. The summed E-state index contributed by atoms with van der Waals surface area (Å²) in [5, 5.41) is 4.45. The van der Waals surface area contributed by atoms with Crippen LogP contribution in [0.2, 0.25) is 0 Å². The van der Waals surface area contributed by atoms with E-state index in [2.05, 4.69) is 25.9 Å². The van der Waals surface area contributed by atoms with Crippen molar-refractivity contribution < 1.29 is 14.3 Å². The number of ether oxygens (including phenoxy) is 2. The summed E-state index contributed by atoms with van der Waals surface area (Å²) in [6.07, 6.45) is 7.19. The monoisotopic (exact) mass is 394 g/mol. The van der Waals surface area contributed by atoms with E-state index in [1.165, 1.54) is 42.1 Å². The zero-order valence-electron chi connectivity index (χ0n) is 16.9. The molecule has 2 heterocycles. The summed E-state index contributed by atoms with van der Waals surface area (Å²) in [6, 6.07) is 7.63. The van der Waals surface area contributed by atoms with Gasteiger partial charge >= 0.3 is 5.97 Å². The molecule has 1 N–H and O–H groups in total. The number of fused-ring (bicyclic) bond motifs is 3. The maximum absolute atomic E-state index is 12.0. The first-order valence-corrected chi connectivity index (χ1v) is 10.0. The number of nitrogens with one attached hydrogen (secondary N) is 1. The summed E-state index contributed by atoms with van der Waals surface area (Å²) in [5.41, 5.74) is 4.61. The molecule has 0 spiro atoms. The van der Waals surface area contributed by atoms with Crippen LogP contribution in [-0.2, 0) is 24.1 Å². The highest BCUT2D eigenvalue weighted by Crippen LogP contribution is 2.33. The van der Waals surface area contributed by atoms with Gasteiger partial charge in [0.05, 0.1) is 19.8 Å². The van der Waals surface area contributed by atoms with E-state index in [0.717, 1.165) is 32.4 Å². The van der Waals surface area contributed by atoms with Crippen LogP contribution in [0.15, 0.2) is 30.5 Å². The molecule has 0 unspecified atom stereocenters. The highest BCUT2D eigenvalue weighted by atomic mass is 16.5. The molecule has 1 aromatic carbocycles. The van der Waals surface area contributed by atoms with E-state index in [0.29, 0.717) is 17.4 Å². The van der Waals surface area contributed by atoms with Gasteiger partial charge < -0.3 is 19.4 Å². The van der Waals surface area contributed by atoms with Gasteiger partial charge in [0.25, 0.3) is 0 Å². The molecule has 0 saturated heterocycles. The fourth-order valence-electron chi connectivity index (χ4n) is 4.11. The Hall–Kier alpha value is -3.09. The van der Waals surface area contributed by atoms with E-state index < -0.39 is 0 Å². The quantitative estimate of drug-likeness (QED) is 0.487. The molecule has 7 heteroatoms. The van der Waals surface area contributed by atoms with Crippen LogP contribution in [0.5, 0.6) is 5.88 Å². The normalized spacial score (nSPS) is 13.2. The van der Waals surface area contributed by atoms with Gasteiger partial charge in [-0.15, -0.1) is 0 Å². The van der Waals surface area contributed by atoms with Crippen molar-refractivity contribution in [3.05, 3.63) is 47.3 Å². The number of carbonyl (C=O) groups is 1. The standard InChI is InChI=1S/C22H26N4O3/c1-28-20-10-12-24-22(25-20)23-11-5-13-26-18-7-4-3-6-16(18)17-14-15(21(27)29-2)8-9-19(17)26/h8-10,12,14H,3-7,11,13H2,1-2H3,(H,23,24,25). The smallest absolute Gasteiger partial charge is 0.337 e. The molecule has 0 fully saturated rings. The van der Waals surface area contributed by atoms with Crippen molar-refractivity contribution in [1.82, 2.24) is 14.5 Å². The number of hydrogen-bond acceptors (Lipinski definition) is 6. The minimum absolute atomic E-state index is 0.285. The third-order valence-corrected chi connectivity index (χ3v) is 5.48. The zero-order valence-corrected chi connectivity index (χ0v) is 16.9. The van der Waals surface area contributed by atoms with E-state index >= 15 is 0 Å². The van der Waals surface area contributed by atoms with Crippen molar-refractivity contribution in [2.45, 2.75) is 38.6 Å². The van der Waals surface area contributed by atoms with Gasteiger partial charge in [-0.05, 0) is 55.9 Å². The van der Waals surface area contributed by atoms with E-state index in [4.69, 9.17) is 9.47 Å². The van der Waals surface area contributed by atoms with Gasteiger partial charge in [-0.3, -0.25) is 0 Å². The predicted octanol–water partition coefficient (Wildman–Crippen LogP) is 3.61. The molecule has 7 nitrogen and oxygen atoms in total. The van der Waals surface area contributed by atoms with Crippen LogP contribution in [0, 0.1) is 0 Å². The summed E-state index contributed by atoms with van der Waals surface area (Å²) in [5.74, 6) is 0.840. The second-order valence-electron chi connectivity index (χ2n) is 7.21. The largest absolute Gasteiger partial charge is 0.481 e. The first-order chi connectivity index (χ1) is 14.2. The van der Waals surface area contributed by atoms with Crippen molar-refractivity contribution >= 4 is 22.8 Å². The number of carbonyl (C=O) groups excluding carboxylic acids is 1. The van der Waals surface area contributed by atoms with Crippen molar-refractivity contribution in [2.24, 2.45) is 0 Å². The summed E-state index contributed by atoms with van der Waals surface area (Å²) in [6.45, 7) is 1.67. The lowest BCUT2D eigenvalue weighted by Crippen LogP contribution is -2.12. The third-order valence-electron chi connectivity index (χ3n) is 5.48. The van der Waals surface area contributed by atoms with Gasteiger partial charge in [-0.2, -0.15) is 4.98 Å². The summed E-state index contributed by atoms with van der Waals surface area (Å²) >= 11 is 0. The summed E-state index contributed by atoms with van der Waals surface area (Å²) in [7, 11) is 3.02. The van der Waals surface area contributed by atoms with Crippen LogP contribution in [0.4, 0.5) is 5.95 Å². The topological polar surface area (TPSA) is 78.3 Å². The lowest BCUT2D eigenvalue weighted by Gasteiger charge is -2.16. The Morgan fingerprint density at radius 2 is 2.07 bits per heavy atom. The number of rotatable bonds is 7. The van der Waals surface area contributed by atoms with E-state index in [-0.39, 0.29) is 5.97 Å². The maximum atomic E-state index is 12.0. The molecular formula is C22H26N4O3. The lowest BCUT2D eigenvalue weighted by molar-refractivity contribution is 0.0601. The average Bonchev–Trinajstić information content (AvgIpc) is 3.09. The number of esters is 1. The molecular weight excluding hydrogens is 368 g/mol. The molecule has 0 radical (unpaired) electrons. The fraction of sp³-hybridized carbons (Fsp3) is 0.409. The first kappa shape index (κ1) is 19.2. The number of anilines is 1. The van der Waals surface area contributed by atoms with Gasteiger partial charge in [-0.1, -0.05) is 0 Å². The second kappa shape index (κ2) is 8.51. The molecule has 0 bridgehead atoms. The molecule has 2 aromatic heterocycles. The number of nitrogens with zero attached hydrogens (tertiary/aromatic N) is 3. The van der Waals surface area contributed by atoms with Gasteiger partial charge in [-0.25, -0.2) is 9.78 Å². The second-order valence-corrected chi connectivity index (χ2v) is 7.21. The van der Waals surface area contributed by atoms with Crippen LogP contribution in [-0.4, -0.2) is 41.3 Å². The van der Waals surface area contributed by atoms with Crippen LogP contribution >= 0.6 is 0 Å². The Balaban J connectivity index is 1.52. The van der Waals surface area contributed by atoms with E-state index in [1.54, 1.807) is 19.4 Å². The maximum Gasteiger partial charge on any atom is 0.337 e. The van der Waals surface area contributed by atoms with Crippen LogP contribution in [0.1, 0.15) is 40.9 Å². The number of benzene rings is 1. The number of hydrogen-bond donors (Lipinski definition) is 1. The number of methoxy groups -OCH3 is 2. The Morgan fingerprint density at radius 1 is 1.21 bits per heavy atom. The van der Waals surface area contributed by atoms with Crippen LogP contribution in [0.25, 0.3) is 10.9 Å². The Labute approximate surface area is 170 Å². The first-order valence-electron chi connectivity index (χ1n) is 10.0. The molecule has 1 aliphatic carbocycles. The molecule has 4 rings (SSSR count). The minimum atomic E-state index is -0.285. The molecule has 1 aliphatic rings. The number of aryl methyl sites for hydroxylation is 2. The summed E-state index contributed by atoms with van der Waals surface area (Å²) in [4.78, 5) is 20.5. The Kier molecular flexibility index (Phi) is 5.64. The van der Waals surface area contributed by atoms with Crippen molar-refractivity contribution in [3.63, 3.8) is 0 Å². The van der Waals surface area contributed by atoms with E-state index in [1.807, 2.05) is 12.1 Å². The molecule has 0 amide bonds. The fourth-order valence-corrected chi connectivity index (χ4v) is 4.11. The Morgan fingerprint density at radius 3 is 2.90 bits per heavy atom. The summed E-state index contributed by atoms with van der Waals surface area (Å²) < 4.78 is 12.5.